The monoisotopic (exact) mass is 477 g/mol. The summed E-state index contributed by atoms with van der Waals surface area (Å²) in [5.41, 5.74) is 0.201. The molecule has 34 heavy (non-hydrogen) atoms. The zero-order chi connectivity index (χ0) is 24.8. The lowest BCUT2D eigenvalue weighted by molar-refractivity contribution is -0.152. The molecule has 7 unspecified atom stereocenters. The molecule has 2 N–H and O–H groups in total. The van der Waals surface area contributed by atoms with E-state index in [1.54, 1.807) is 0 Å². The van der Waals surface area contributed by atoms with E-state index in [-0.39, 0.29) is 17.5 Å². The molecule has 0 aromatic heterocycles. The summed E-state index contributed by atoms with van der Waals surface area (Å²) in [6, 6.07) is 0.845. The number of carboxylic acids is 2. The summed E-state index contributed by atoms with van der Waals surface area (Å²) in [5, 5.41) is 19.6. The van der Waals surface area contributed by atoms with Crippen molar-refractivity contribution >= 4 is 11.9 Å². The summed E-state index contributed by atoms with van der Waals surface area (Å²) in [6.45, 7) is 14.4. The van der Waals surface area contributed by atoms with Crippen molar-refractivity contribution in [3.8, 4) is 0 Å². The molecule has 0 bridgehead atoms. The summed E-state index contributed by atoms with van der Waals surface area (Å²) >= 11 is 0. The van der Waals surface area contributed by atoms with Crippen molar-refractivity contribution in [3.63, 3.8) is 0 Å². The molecule has 3 heterocycles. The Labute approximate surface area is 205 Å². The third-order valence-electron chi connectivity index (χ3n) is 9.62. The Balaban J connectivity index is 1.58. The van der Waals surface area contributed by atoms with E-state index in [9.17, 15) is 19.8 Å². The minimum Gasteiger partial charge on any atom is -0.480 e. The SMILES string of the molecule is CC(C)N1CC(N2CCCCC2C(=O)O)CC1C1CC(N2CCC2C(=O)O)CCC1C(C)(C)C. The summed E-state index contributed by atoms with van der Waals surface area (Å²) in [7, 11) is 0. The molecule has 194 valence electrons. The number of hydrogen-bond donors (Lipinski definition) is 2. The predicted molar refractivity (Wildman–Crippen MR) is 133 cm³/mol. The van der Waals surface area contributed by atoms with Crippen LogP contribution in [0.4, 0.5) is 0 Å². The van der Waals surface area contributed by atoms with Crippen molar-refractivity contribution in [2.45, 2.75) is 122 Å². The number of aliphatic carboxylic acids is 2. The second-order valence-electron chi connectivity index (χ2n) is 12.8. The van der Waals surface area contributed by atoms with Crippen LogP contribution < -0.4 is 0 Å². The molecule has 1 saturated carbocycles. The first-order valence-corrected chi connectivity index (χ1v) is 13.7. The molecule has 0 radical (unpaired) electrons. The largest absolute Gasteiger partial charge is 0.480 e. The molecule has 7 heteroatoms. The normalized spacial score (nSPS) is 38.7. The zero-order valence-corrected chi connectivity index (χ0v) is 21.9. The minimum atomic E-state index is -0.671. The van der Waals surface area contributed by atoms with Gasteiger partial charge in [0.1, 0.15) is 12.1 Å². The van der Waals surface area contributed by atoms with Crippen LogP contribution in [0.25, 0.3) is 0 Å². The highest BCUT2D eigenvalue weighted by Crippen LogP contribution is 2.49. The van der Waals surface area contributed by atoms with Crippen LogP contribution in [0, 0.1) is 17.3 Å². The number of piperidine rings is 1. The fraction of sp³-hybridized carbons (Fsp3) is 0.926. The van der Waals surface area contributed by atoms with Gasteiger partial charge in [-0.05, 0) is 82.6 Å². The quantitative estimate of drug-likeness (QED) is 0.602. The van der Waals surface area contributed by atoms with Crippen LogP contribution in [0.2, 0.25) is 0 Å². The van der Waals surface area contributed by atoms with Crippen molar-refractivity contribution in [1.29, 1.82) is 0 Å². The smallest absolute Gasteiger partial charge is 0.320 e. The second kappa shape index (κ2) is 10.1. The van der Waals surface area contributed by atoms with Crippen LogP contribution in [-0.2, 0) is 9.59 Å². The highest BCUT2D eigenvalue weighted by Gasteiger charge is 2.51. The Morgan fingerprint density at radius 2 is 1.47 bits per heavy atom. The third-order valence-corrected chi connectivity index (χ3v) is 9.62. The zero-order valence-electron chi connectivity index (χ0n) is 21.9. The van der Waals surface area contributed by atoms with E-state index >= 15 is 0 Å². The van der Waals surface area contributed by atoms with Crippen LogP contribution in [0.3, 0.4) is 0 Å². The van der Waals surface area contributed by atoms with Gasteiger partial charge in [0.15, 0.2) is 0 Å². The molecule has 1 aliphatic carbocycles. The van der Waals surface area contributed by atoms with Gasteiger partial charge < -0.3 is 10.2 Å². The maximum absolute atomic E-state index is 12.0. The molecule has 0 aromatic rings. The van der Waals surface area contributed by atoms with E-state index in [1.807, 2.05) is 0 Å². The van der Waals surface area contributed by atoms with Crippen LogP contribution >= 0.6 is 0 Å². The second-order valence-corrected chi connectivity index (χ2v) is 12.8. The fourth-order valence-electron chi connectivity index (χ4n) is 7.87. The van der Waals surface area contributed by atoms with Crippen molar-refractivity contribution in [2.75, 3.05) is 19.6 Å². The average Bonchev–Trinajstić information content (AvgIpc) is 3.17. The van der Waals surface area contributed by atoms with Crippen molar-refractivity contribution in [2.24, 2.45) is 17.3 Å². The lowest BCUT2D eigenvalue weighted by atomic mass is 9.62. The molecular weight excluding hydrogens is 430 g/mol. The lowest BCUT2D eigenvalue weighted by Crippen LogP contribution is -2.60. The molecule has 3 aliphatic heterocycles. The van der Waals surface area contributed by atoms with Crippen LogP contribution in [0.5, 0.6) is 0 Å². The van der Waals surface area contributed by atoms with Gasteiger partial charge in [-0.1, -0.05) is 27.2 Å². The Morgan fingerprint density at radius 1 is 0.824 bits per heavy atom. The first kappa shape index (κ1) is 25.9. The van der Waals surface area contributed by atoms with Crippen molar-refractivity contribution < 1.29 is 19.8 Å². The van der Waals surface area contributed by atoms with Crippen LogP contribution in [0.15, 0.2) is 0 Å². The summed E-state index contributed by atoms with van der Waals surface area (Å²) in [5.74, 6) is -0.235. The number of carbonyl (C=O) groups is 2. The molecular formula is C27H47N3O4. The first-order valence-electron chi connectivity index (χ1n) is 13.7. The van der Waals surface area contributed by atoms with Gasteiger partial charge in [-0.2, -0.15) is 0 Å². The summed E-state index contributed by atoms with van der Waals surface area (Å²) in [4.78, 5) is 31.0. The molecule has 0 spiro atoms. The summed E-state index contributed by atoms with van der Waals surface area (Å²) in [6.07, 6.45) is 7.98. The van der Waals surface area contributed by atoms with Gasteiger partial charge in [0, 0.05) is 37.3 Å². The van der Waals surface area contributed by atoms with Gasteiger partial charge in [-0.25, -0.2) is 0 Å². The maximum atomic E-state index is 12.0. The third kappa shape index (κ3) is 5.03. The Hall–Kier alpha value is -1.18. The Kier molecular flexibility index (Phi) is 7.66. The van der Waals surface area contributed by atoms with Gasteiger partial charge >= 0.3 is 11.9 Å². The molecule has 4 fully saturated rings. The number of carboxylic acid groups (broad SMARTS) is 2. The van der Waals surface area contributed by atoms with Crippen molar-refractivity contribution in [3.05, 3.63) is 0 Å². The molecule has 0 aromatic carbocycles. The number of hydrogen-bond acceptors (Lipinski definition) is 5. The highest BCUT2D eigenvalue weighted by atomic mass is 16.4. The number of likely N-dealkylation sites (tertiary alicyclic amines) is 3. The maximum Gasteiger partial charge on any atom is 0.320 e. The lowest BCUT2D eigenvalue weighted by Gasteiger charge is -2.53. The Morgan fingerprint density at radius 3 is 2.03 bits per heavy atom. The molecule has 7 nitrogen and oxygen atoms in total. The van der Waals surface area contributed by atoms with Gasteiger partial charge in [-0.15, -0.1) is 0 Å². The number of nitrogens with zero attached hydrogens (tertiary/aromatic N) is 3. The minimum absolute atomic E-state index is 0.201. The van der Waals surface area contributed by atoms with Crippen molar-refractivity contribution in [1.82, 2.24) is 14.7 Å². The molecule has 0 amide bonds. The Bertz CT molecular complexity index is 751. The van der Waals surface area contributed by atoms with E-state index in [4.69, 9.17) is 0 Å². The van der Waals surface area contributed by atoms with E-state index in [0.717, 1.165) is 71.0 Å². The van der Waals surface area contributed by atoms with E-state index in [2.05, 4.69) is 49.3 Å². The fourth-order valence-corrected chi connectivity index (χ4v) is 7.87. The van der Waals surface area contributed by atoms with Gasteiger partial charge in [-0.3, -0.25) is 24.3 Å². The molecule has 7 atom stereocenters. The van der Waals surface area contributed by atoms with Gasteiger partial charge in [0.25, 0.3) is 0 Å². The van der Waals surface area contributed by atoms with E-state index in [0.29, 0.717) is 36.0 Å². The van der Waals surface area contributed by atoms with Gasteiger partial charge in [0.2, 0.25) is 0 Å². The number of rotatable bonds is 6. The highest BCUT2D eigenvalue weighted by molar-refractivity contribution is 5.74. The molecule has 4 rings (SSSR count). The topological polar surface area (TPSA) is 84.3 Å². The average molecular weight is 478 g/mol. The summed E-state index contributed by atoms with van der Waals surface area (Å²) < 4.78 is 0. The predicted octanol–water partition coefficient (Wildman–Crippen LogP) is 3.77. The first-order chi connectivity index (χ1) is 16.0. The van der Waals surface area contributed by atoms with Gasteiger partial charge in [0.05, 0.1) is 0 Å². The van der Waals surface area contributed by atoms with Crippen LogP contribution in [0.1, 0.15) is 86.0 Å². The molecule has 4 aliphatic rings. The standard InChI is InChI=1S/C27H47N3O4/c1-17(2)30-16-19(28-12-7-6-8-22(28)25(31)32)15-24(30)20-14-18(9-10-21(20)27(3,4)5)29-13-11-23(29)26(33)34/h17-24H,6-16H2,1-5H3,(H,31,32)(H,33,34). The van der Waals surface area contributed by atoms with Crippen LogP contribution in [-0.4, -0.2) is 92.7 Å². The van der Waals surface area contributed by atoms with E-state index in [1.165, 1.54) is 0 Å². The molecule has 3 saturated heterocycles. The van der Waals surface area contributed by atoms with E-state index < -0.39 is 11.9 Å².